The number of carboxylic acid groups (broad SMARTS) is 1. The van der Waals surface area contributed by atoms with Crippen LogP contribution in [0.5, 0.6) is 0 Å². The number of Topliss-reactive ketones (excluding diaryl/α,β-unsaturated/α-hetero) is 1. The van der Waals surface area contributed by atoms with Gasteiger partial charge in [0.25, 0.3) is 0 Å². The first-order valence-corrected chi connectivity index (χ1v) is 6.61. The second kappa shape index (κ2) is 11.7. The minimum absolute atomic E-state index is 0. The Hall–Kier alpha value is -1.14. The summed E-state index contributed by atoms with van der Waals surface area (Å²) in [6.07, 6.45) is 1.12. The number of ketones is 1. The zero-order valence-corrected chi connectivity index (χ0v) is 12.8. The van der Waals surface area contributed by atoms with Crippen molar-refractivity contribution in [1.29, 1.82) is 0 Å². The van der Waals surface area contributed by atoms with Gasteiger partial charge < -0.3 is 15.6 Å². The van der Waals surface area contributed by atoms with Crippen molar-refractivity contribution in [2.45, 2.75) is 64.5 Å². The Morgan fingerprint density at radius 1 is 1.10 bits per heavy atom. The first-order valence-electron chi connectivity index (χ1n) is 6.61. The van der Waals surface area contributed by atoms with Gasteiger partial charge in [0, 0.05) is 12.8 Å². The third-order valence-corrected chi connectivity index (χ3v) is 2.67. The lowest BCUT2D eigenvalue weighted by molar-refractivity contribution is -0.152. The second-order valence-electron chi connectivity index (χ2n) is 4.45. The van der Waals surface area contributed by atoms with Crippen LogP contribution >= 0.6 is 12.4 Å². The molecule has 0 heterocycles. The smallest absolute Gasteiger partial charge is 0.306 e. The van der Waals surface area contributed by atoms with Gasteiger partial charge in [-0.05, 0) is 12.8 Å². The highest BCUT2D eigenvalue weighted by Crippen LogP contribution is 2.11. The zero-order valence-electron chi connectivity index (χ0n) is 12.0. The summed E-state index contributed by atoms with van der Waals surface area (Å²) in [5, 5.41) is 8.52. The summed E-state index contributed by atoms with van der Waals surface area (Å²) in [5.74, 6) is -1.80. The monoisotopic (exact) mass is 309 g/mol. The molecular formula is C13H24ClNO5. The quantitative estimate of drug-likeness (QED) is 0.595. The Kier molecular flexibility index (Phi) is 12.3. The number of esters is 1. The van der Waals surface area contributed by atoms with E-state index in [-0.39, 0.29) is 43.4 Å². The van der Waals surface area contributed by atoms with E-state index in [0.717, 1.165) is 6.42 Å². The Bertz CT molecular complexity index is 322. The van der Waals surface area contributed by atoms with Gasteiger partial charge in [0.2, 0.25) is 0 Å². The predicted octanol–water partition coefficient (Wildman–Crippen LogP) is 1.68. The molecule has 3 N–H and O–H groups in total. The average Bonchev–Trinajstić information content (AvgIpc) is 2.34. The van der Waals surface area contributed by atoms with Crippen molar-refractivity contribution in [3.63, 3.8) is 0 Å². The molecule has 0 aromatic heterocycles. The summed E-state index contributed by atoms with van der Waals surface area (Å²) < 4.78 is 5.19. The second-order valence-corrected chi connectivity index (χ2v) is 4.45. The van der Waals surface area contributed by atoms with Gasteiger partial charge >= 0.3 is 11.9 Å². The van der Waals surface area contributed by atoms with Crippen molar-refractivity contribution in [2.75, 3.05) is 0 Å². The molecule has 0 aliphatic carbocycles. The molecule has 0 radical (unpaired) electrons. The van der Waals surface area contributed by atoms with Gasteiger partial charge in [-0.2, -0.15) is 0 Å². The van der Waals surface area contributed by atoms with E-state index in [1.807, 2.05) is 13.8 Å². The van der Waals surface area contributed by atoms with Gasteiger partial charge in [0.1, 0.15) is 12.1 Å². The van der Waals surface area contributed by atoms with Crippen LogP contribution in [0.1, 0.15) is 52.4 Å². The highest BCUT2D eigenvalue weighted by Gasteiger charge is 2.27. The minimum atomic E-state index is -1.05. The summed E-state index contributed by atoms with van der Waals surface area (Å²) in [5.41, 5.74) is 5.76. The topological polar surface area (TPSA) is 107 Å². The highest BCUT2D eigenvalue weighted by atomic mass is 35.5. The molecule has 0 fully saturated rings. The number of aliphatic carboxylic acids is 1. The third kappa shape index (κ3) is 8.87. The van der Waals surface area contributed by atoms with E-state index in [1.54, 1.807) is 0 Å². The van der Waals surface area contributed by atoms with E-state index in [9.17, 15) is 14.4 Å². The van der Waals surface area contributed by atoms with E-state index in [0.29, 0.717) is 12.8 Å². The molecule has 0 aromatic carbocycles. The number of ether oxygens (including phenoxy) is 1. The normalized spacial score (nSPS) is 12.9. The molecule has 6 nitrogen and oxygen atoms in total. The number of hydrogen-bond acceptors (Lipinski definition) is 5. The van der Waals surface area contributed by atoms with Crippen molar-refractivity contribution in [2.24, 2.45) is 5.73 Å². The molecule has 0 aromatic rings. The van der Waals surface area contributed by atoms with Crippen LogP contribution in [0.3, 0.4) is 0 Å². The van der Waals surface area contributed by atoms with Crippen LogP contribution in [0.15, 0.2) is 0 Å². The van der Waals surface area contributed by atoms with Gasteiger partial charge in [-0.25, -0.2) is 0 Å². The lowest BCUT2D eigenvalue weighted by Crippen LogP contribution is -2.44. The van der Waals surface area contributed by atoms with Crippen LogP contribution < -0.4 is 5.73 Å². The number of nitrogens with two attached hydrogens (primary N) is 1. The highest BCUT2D eigenvalue weighted by molar-refractivity contribution is 5.87. The first kappa shape index (κ1) is 21.2. The van der Waals surface area contributed by atoms with Gasteiger partial charge in [0.15, 0.2) is 5.78 Å². The molecule has 0 aliphatic rings. The zero-order chi connectivity index (χ0) is 14.8. The van der Waals surface area contributed by atoms with Gasteiger partial charge in [-0.1, -0.05) is 20.3 Å². The minimum Gasteiger partial charge on any atom is -0.481 e. The van der Waals surface area contributed by atoms with Gasteiger partial charge in [0.05, 0.1) is 6.42 Å². The summed E-state index contributed by atoms with van der Waals surface area (Å²) in [7, 11) is 0. The standard InChI is InChI=1S/C13H23NO5.ClH/c1-3-5-10(19-12(18)6-4-2)13(14)9(15)7-8-11(16)17;/h10,13H,3-8,14H2,1-2H3,(H,16,17);1H. The molecular weight excluding hydrogens is 286 g/mol. The molecule has 118 valence electrons. The fraction of sp³-hybridized carbons (Fsp3) is 0.769. The Balaban J connectivity index is 0. The summed E-state index contributed by atoms with van der Waals surface area (Å²) in [6.45, 7) is 3.75. The maximum atomic E-state index is 11.7. The van der Waals surface area contributed by atoms with Crippen molar-refractivity contribution < 1.29 is 24.2 Å². The van der Waals surface area contributed by atoms with Crippen LogP contribution in [0.25, 0.3) is 0 Å². The molecule has 2 unspecified atom stereocenters. The maximum Gasteiger partial charge on any atom is 0.306 e. The maximum absolute atomic E-state index is 11.7. The molecule has 0 rings (SSSR count). The van der Waals surface area contributed by atoms with Gasteiger partial charge in [-0.15, -0.1) is 12.4 Å². The Morgan fingerprint density at radius 3 is 2.15 bits per heavy atom. The molecule has 0 saturated heterocycles. The van der Waals surface area contributed by atoms with Crippen LogP contribution in [0.4, 0.5) is 0 Å². The fourth-order valence-corrected chi connectivity index (χ4v) is 1.63. The Labute approximate surface area is 125 Å². The van der Waals surface area contributed by atoms with Crippen molar-refractivity contribution in [3.8, 4) is 0 Å². The molecule has 0 spiro atoms. The summed E-state index contributed by atoms with van der Waals surface area (Å²) >= 11 is 0. The molecule has 0 aliphatic heterocycles. The largest absolute Gasteiger partial charge is 0.481 e. The van der Waals surface area contributed by atoms with E-state index in [4.69, 9.17) is 15.6 Å². The lowest BCUT2D eigenvalue weighted by atomic mass is 10.00. The number of halogens is 1. The number of hydrogen-bond donors (Lipinski definition) is 2. The van der Waals surface area contributed by atoms with E-state index in [2.05, 4.69) is 0 Å². The number of carboxylic acids is 1. The van der Waals surface area contributed by atoms with Crippen LogP contribution in [-0.2, 0) is 19.1 Å². The third-order valence-electron chi connectivity index (χ3n) is 2.67. The van der Waals surface area contributed by atoms with Gasteiger partial charge in [-0.3, -0.25) is 14.4 Å². The van der Waals surface area contributed by atoms with Crippen LogP contribution in [0.2, 0.25) is 0 Å². The summed E-state index contributed by atoms with van der Waals surface area (Å²) in [6, 6.07) is -0.944. The van der Waals surface area contributed by atoms with Crippen LogP contribution in [0, 0.1) is 0 Å². The predicted molar refractivity (Wildman–Crippen MR) is 76.8 cm³/mol. The average molecular weight is 310 g/mol. The molecule has 0 amide bonds. The van der Waals surface area contributed by atoms with E-state index in [1.165, 1.54) is 0 Å². The summed E-state index contributed by atoms with van der Waals surface area (Å²) in [4.78, 5) is 33.6. The van der Waals surface area contributed by atoms with Crippen molar-refractivity contribution >= 4 is 30.1 Å². The number of carbonyl (C=O) groups excluding carboxylic acids is 2. The Morgan fingerprint density at radius 2 is 1.70 bits per heavy atom. The molecule has 0 bridgehead atoms. The van der Waals surface area contributed by atoms with E-state index < -0.39 is 18.1 Å². The van der Waals surface area contributed by atoms with Crippen molar-refractivity contribution in [3.05, 3.63) is 0 Å². The molecule has 20 heavy (non-hydrogen) atoms. The van der Waals surface area contributed by atoms with Crippen molar-refractivity contribution in [1.82, 2.24) is 0 Å². The van der Waals surface area contributed by atoms with E-state index >= 15 is 0 Å². The number of rotatable bonds is 10. The molecule has 0 saturated carbocycles. The molecule has 7 heteroatoms. The number of carbonyl (C=O) groups is 3. The fourth-order valence-electron chi connectivity index (χ4n) is 1.63. The lowest BCUT2D eigenvalue weighted by Gasteiger charge is -2.22. The van der Waals surface area contributed by atoms with Crippen LogP contribution in [-0.4, -0.2) is 35.0 Å². The SMILES string of the molecule is CCCC(=O)OC(CCC)C(N)C(=O)CCC(=O)O.Cl. The molecule has 2 atom stereocenters. The first-order chi connectivity index (χ1) is 8.92.